The van der Waals surface area contributed by atoms with E-state index in [-0.39, 0.29) is 10.9 Å². The molecule has 1 heterocycles. The number of rotatable bonds is 4. The molecule has 1 N–H and O–H groups in total. The average Bonchev–Trinajstić information content (AvgIpc) is 2.40. The fraction of sp³-hybridized carbons (Fsp3) is 0.571. The van der Waals surface area contributed by atoms with E-state index in [2.05, 4.69) is 5.32 Å². The topological polar surface area (TPSA) is 49.4 Å². The lowest BCUT2D eigenvalue weighted by Gasteiger charge is -2.33. The molecule has 4 nitrogen and oxygen atoms in total. The van der Waals surface area contributed by atoms with Gasteiger partial charge in [-0.05, 0) is 50.6 Å². The van der Waals surface area contributed by atoms with Crippen molar-refractivity contribution < 1.29 is 8.42 Å². The largest absolute Gasteiger partial charge is 0.317 e. The van der Waals surface area contributed by atoms with Crippen LogP contribution in [0.25, 0.3) is 0 Å². The molecule has 1 aromatic rings. The second kappa shape index (κ2) is 6.43. The summed E-state index contributed by atoms with van der Waals surface area (Å²) in [6.07, 6.45) is 1.69. The number of sulfonamides is 1. The van der Waals surface area contributed by atoms with Gasteiger partial charge >= 0.3 is 0 Å². The smallest absolute Gasteiger partial charge is 0.244 e. The first-order valence-electron chi connectivity index (χ1n) is 6.95. The molecule has 1 fully saturated rings. The van der Waals surface area contributed by atoms with Crippen molar-refractivity contribution in [2.24, 2.45) is 0 Å². The van der Waals surface area contributed by atoms with Crippen molar-refractivity contribution in [2.75, 3.05) is 19.6 Å². The number of nitrogens with zero attached hydrogens (tertiary/aromatic N) is 1. The molecule has 0 unspecified atom stereocenters. The minimum absolute atomic E-state index is 0.0589. The molecule has 2 rings (SSSR count). The highest BCUT2D eigenvalue weighted by Crippen LogP contribution is 2.28. The Morgan fingerprint density at radius 2 is 2.00 bits per heavy atom. The summed E-state index contributed by atoms with van der Waals surface area (Å²) >= 11 is 6.14. The molecule has 1 saturated heterocycles. The Morgan fingerprint density at radius 1 is 1.35 bits per heavy atom. The van der Waals surface area contributed by atoms with Crippen LogP contribution in [0.5, 0.6) is 0 Å². The van der Waals surface area contributed by atoms with Crippen molar-refractivity contribution >= 4 is 21.6 Å². The zero-order valence-electron chi connectivity index (χ0n) is 11.9. The van der Waals surface area contributed by atoms with Gasteiger partial charge in [0, 0.05) is 12.6 Å². The first-order chi connectivity index (χ1) is 9.46. The van der Waals surface area contributed by atoms with Crippen LogP contribution in [0, 0.1) is 6.92 Å². The third kappa shape index (κ3) is 3.17. The predicted molar refractivity (Wildman–Crippen MR) is 81.6 cm³/mol. The van der Waals surface area contributed by atoms with Crippen LogP contribution in [0.4, 0.5) is 0 Å². The minimum Gasteiger partial charge on any atom is -0.317 e. The molecule has 20 heavy (non-hydrogen) atoms. The van der Waals surface area contributed by atoms with Gasteiger partial charge in [0.15, 0.2) is 0 Å². The molecule has 112 valence electrons. The van der Waals surface area contributed by atoms with Gasteiger partial charge in [0.05, 0.1) is 5.02 Å². The zero-order chi connectivity index (χ0) is 14.8. The average molecular weight is 317 g/mol. The Hall–Kier alpha value is -0.620. The van der Waals surface area contributed by atoms with Crippen LogP contribution in [0.1, 0.15) is 25.3 Å². The third-order valence-corrected chi connectivity index (χ3v) is 6.21. The number of halogens is 1. The van der Waals surface area contributed by atoms with Gasteiger partial charge in [0.2, 0.25) is 10.0 Å². The minimum atomic E-state index is -3.52. The molecule has 0 bridgehead atoms. The monoisotopic (exact) mass is 316 g/mol. The van der Waals surface area contributed by atoms with Gasteiger partial charge in [0.25, 0.3) is 0 Å². The van der Waals surface area contributed by atoms with Crippen molar-refractivity contribution in [3.05, 3.63) is 28.8 Å². The molecule has 6 heteroatoms. The molecular formula is C14H21ClN2O2S. The van der Waals surface area contributed by atoms with E-state index < -0.39 is 10.0 Å². The lowest BCUT2D eigenvalue weighted by molar-refractivity contribution is 0.271. The number of nitrogens with one attached hydrogen (secondary N) is 1. The maximum atomic E-state index is 12.8. The first kappa shape index (κ1) is 15.8. The highest BCUT2D eigenvalue weighted by atomic mass is 35.5. The van der Waals surface area contributed by atoms with Crippen molar-refractivity contribution in [1.82, 2.24) is 9.62 Å². The van der Waals surface area contributed by atoms with Crippen LogP contribution in [0.3, 0.4) is 0 Å². The molecule has 1 aromatic carbocycles. The molecular weight excluding hydrogens is 296 g/mol. The van der Waals surface area contributed by atoms with Gasteiger partial charge < -0.3 is 5.32 Å². The molecule has 0 aliphatic carbocycles. The second-order valence-electron chi connectivity index (χ2n) is 5.12. The number of hydrogen-bond acceptors (Lipinski definition) is 3. The molecule has 0 atom stereocenters. The highest BCUT2D eigenvalue weighted by molar-refractivity contribution is 7.89. The fourth-order valence-electron chi connectivity index (χ4n) is 2.66. The van der Waals surface area contributed by atoms with Gasteiger partial charge in [-0.2, -0.15) is 4.31 Å². The number of benzene rings is 1. The van der Waals surface area contributed by atoms with Crippen LogP contribution in [0.2, 0.25) is 5.02 Å². The highest BCUT2D eigenvalue weighted by Gasteiger charge is 2.32. The number of piperidine rings is 1. The lowest BCUT2D eigenvalue weighted by atomic mass is 10.1. The van der Waals surface area contributed by atoms with E-state index in [4.69, 9.17) is 11.6 Å². The van der Waals surface area contributed by atoms with Crippen molar-refractivity contribution in [3.8, 4) is 0 Å². The lowest BCUT2D eigenvalue weighted by Crippen LogP contribution is -2.46. The van der Waals surface area contributed by atoms with E-state index in [0.717, 1.165) is 31.5 Å². The maximum absolute atomic E-state index is 12.8. The molecule has 1 aliphatic rings. The van der Waals surface area contributed by atoms with Crippen LogP contribution in [0.15, 0.2) is 23.1 Å². The summed E-state index contributed by atoms with van der Waals surface area (Å²) in [5, 5.41) is 3.56. The SMILES string of the molecule is CCN(C1CCNCC1)S(=O)(=O)c1ccc(C)cc1Cl. The Labute approximate surface area is 126 Å². The van der Waals surface area contributed by atoms with E-state index in [9.17, 15) is 8.42 Å². The Bertz CT molecular complexity index is 569. The second-order valence-corrected chi connectivity index (χ2v) is 7.39. The van der Waals surface area contributed by atoms with Gasteiger partial charge in [-0.25, -0.2) is 8.42 Å². The van der Waals surface area contributed by atoms with Crippen molar-refractivity contribution in [1.29, 1.82) is 0 Å². The summed E-state index contributed by atoms with van der Waals surface area (Å²) in [6.45, 7) is 5.96. The summed E-state index contributed by atoms with van der Waals surface area (Å²) < 4.78 is 27.2. The van der Waals surface area contributed by atoms with Gasteiger partial charge in [-0.15, -0.1) is 0 Å². The summed E-state index contributed by atoms with van der Waals surface area (Å²) in [7, 11) is -3.52. The number of hydrogen-bond donors (Lipinski definition) is 1. The Morgan fingerprint density at radius 3 is 2.55 bits per heavy atom. The standard InChI is InChI=1S/C14H21ClN2O2S/c1-3-17(12-6-8-16-9-7-12)20(18,19)14-5-4-11(2)10-13(14)15/h4-5,10,12,16H,3,6-9H2,1-2H3. The third-order valence-electron chi connectivity index (χ3n) is 3.70. The van der Waals surface area contributed by atoms with Gasteiger partial charge in [-0.3, -0.25) is 0 Å². The fourth-order valence-corrected chi connectivity index (χ4v) is 4.93. The van der Waals surface area contributed by atoms with E-state index in [0.29, 0.717) is 11.6 Å². The molecule has 1 aliphatic heterocycles. The zero-order valence-corrected chi connectivity index (χ0v) is 13.5. The van der Waals surface area contributed by atoms with Crippen LogP contribution < -0.4 is 5.32 Å². The van der Waals surface area contributed by atoms with E-state index >= 15 is 0 Å². The Kier molecular flexibility index (Phi) is 5.07. The quantitative estimate of drug-likeness (QED) is 0.928. The van der Waals surface area contributed by atoms with E-state index in [1.807, 2.05) is 13.8 Å². The molecule has 0 radical (unpaired) electrons. The summed E-state index contributed by atoms with van der Waals surface area (Å²) in [4.78, 5) is 0.213. The van der Waals surface area contributed by atoms with E-state index in [1.54, 1.807) is 22.5 Å². The normalized spacial score (nSPS) is 17.6. The maximum Gasteiger partial charge on any atom is 0.244 e. The first-order valence-corrected chi connectivity index (χ1v) is 8.77. The van der Waals surface area contributed by atoms with Crippen molar-refractivity contribution in [3.63, 3.8) is 0 Å². The molecule has 0 aromatic heterocycles. The molecule has 0 amide bonds. The van der Waals surface area contributed by atoms with E-state index in [1.165, 1.54) is 0 Å². The summed E-state index contributed by atoms with van der Waals surface area (Å²) in [6, 6.07) is 5.15. The predicted octanol–water partition coefficient (Wildman–Crippen LogP) is 2.41. The van der Waals surface area contributed by atoms with Crippen LogP contribution in [-0.4, -0.2) is 38.4 Å². The van der Waals surface area contributed by atoms with Gasteiger partial charge in [0.1, 0.15) is 4.90 Å². The Balaban J connectivity index is 2.35. The molecule has 0 saturated carbocycles. The number of aryl methyl sites for hydroxylation is 1. The van der Waals surface area contributed by atoms with Gasteiger partial charge in [-0.1, -0.05) is 24.6 Å². The van der Waals surface area contributed by atoms with Crippen molar-refractivity contribution in [2.45, 2.75) is 37.6 Å². The summed E-state index contributed by atoms with van der Waals surface area (Å²) in [5.74, 6) is 0. The van der Waals surface area contributed by atoms with Crippen LogP contribution >= 0.6 is 11.6 Å². The summed E-state index contributed by atoms with van der Waals surface area (Å²) in [5.41, 5.74) is 0.957. The molecule has 0 spiro atoms. The van der Waals surface area contributed by atoms with Crippen LogP contribution in [-0.2, 0) is 10.0 Å².